The predicted molar refractivity (Wildman–Crippen MR) is 58.8 cm³/mol. The Morgan fingerprint density at radius 2 is 1.88 bits per heavy atom. The molecule has 3 N–H and O–H groups in total. The van der Waals surface area contributed by atoms with Crippen LogP contribution < -0.4 is 5.73 Å². The van der Waals surface area contributed by atoms with Crippen LogP contribution in [-0.2, 0) is 0 Å². The Labute approximate surface area is 98.5 Å². The summed E-state index contributed by atoms with van der Waals surface area (Å²) in [6.45, 7) is 0. The number of halogens is 2. The van der Waals surface area contributed by atoms with E-state index in [2.05, 4.69) is 4.37 Å². The average Bonchev–Trinajstić information content (AvgIpc) is 2.58. The zero-order valence-electron chi connectivity index (χ0n) is 8.28. The van der Waals surface area contributed by atoms with Gasteiger partial charge in [-0.25, -0.2) is 13.6 Å². The number of hydrogen-bond donors (Lipinski definition) is 2. The molecule has 0 aliphatic carbocycles. The van der Waals surface area contributed by atoms with Crippen LogP contribution in [0.5, 0.6) is 0 Å². The van der Waals surface area contributed by atoms with Gasteiger partial charge in [0, 0.05) is 11.6 Å². The zero-order valence-corrected chi connectivity index (χ0v) is 9.09. The summed E-state index contributed by atoms with van der Waals surface area (Å²) in [5.74, 6) is -2.77. The summed E-state index contributed by atoms with van der Waals surface area (Å²) >= 11 is 0.671. The summed E-state index contributed by atoms with van der Waals surface area (Å²) in [6.07, 6.45) is 0. The number of hydrogen-bond acceptors (Lipinski definition) is 4. The minimum Gasteiger partial charge on any atom is -0.477 e. The van der Waals surface area contributed by atoms with Crippen molar-refractivity contribution in [3.05, 3.63) is 34.7 Å². The Kier molecular flexibility index (Phi) is 2.76. The SMILES string of the molecule is Nc1c(-c2cc(F)cc(F)c2)nsc1C(=O)O. The lowest BCUT2D eigenvalue weighted by molar-refractivity contribution is 0.0703. The van der Waals surface area contributed by atoms with Gasteiger partial charge in [0.05, 0.1) is 5.69 Å². The van der Waals surface area contributed by atoms with E-state index in [0.717, 1.165) is 12.1 Å². The number of nitrogens with zero attached hydrogens (tertiary/aromatic N) is 1. The lowest BCUT2D eigenvalue weighted by Gasteiger charge is -2.00. The Morgan fingerprint density at radius 1 is 1.29 bits per heavy atom. The highest BCUT2D eigenvalue weighted by Crippen LogP contribution is 2.31. The zero-order chi connectivity index (χ0) is 12.6. The lowest BCUT2D eigenvalue weighted by Crippen LogP contribution is -1.98. The molecule has 0 unspecified atom stereocenters. The summed E-state index contributed by atoms with van der Waals surface area (Å²) in [5, 5.41) is 8.78. The van der Waals surface area contributed by atoms with Crippen LogP contribution in [0, 0.1) is 11.6 Å². The summed E-state index contributed by atoms with van der Waals surface area (Å²) in [5.41, 5.74) is 5.66. The van der Waals surface area contributed by atoms with Crippen molar-refractivity contribution in [3.8, 4) is 11.3 Å². The van der Waals surface area contributed by atoms with Crippen molar-refractivity contribution in [1.82, 2.24) is 4.37 Å². The van der Waals surface area contributed by atoms with Gasteiger partial charge in [-0.1, -0.05) is 0 Å². The molecule has 2 rings (SSSR count). The first kappa shape index (κ1) is 11.5. The molecule has 1 aromatic carbocycles. The maximum Gasteiger partial charge on any atom is 0.349 e. The molecule has 0 aliphatic rings. The van der Waals surface area contributed by atoms with Crippen LogP contribution >= 0.6 is 11.5 Å². The molecule has 2 aromatic rings. The summed E-state index contributed by atoms with van der Waals surface area (Å²) in [4.78, 5) is 10.6. The van der Waals surface area contributed by atoms with Crippen LogP contribution in [-0.4, -0.2) is 15.4 Å². The third kappa shape index (κ3) is 2.09. The van der Waals surface area contributed by atoms with Gasteiger partial charge in [0.2, 0.25) is 0 Å². The molecule has 0 fully saturated rings. The second kappa shape index (κ2) is 4.10. The number of carboxylic acid groups (broad SMARTS) is 1. The van der Waals surface area contributed by atoms with E-state index in [9.17, 15) is 13.6 Å². The first-order valence-corrected chi connectivity index (χ1v) is 5.21. The van der Waals surface area contributed by atoms with Gasteiger partial charge < -0.3 is 10.8 Å². The van der Waals surface area contributed by atoms with Crippen LogP contribution in [0.15, 0.2) is 18.2 Å². The third-order valence-corrected chi connectivity index (χ3v) is 2.91. The number of carboxylic acids is 1. The van der Waals surface area contributed by atoms with Crippen LogP contribution in [0.3, 0.4) is 0 Å². The molecule has 0 saturated carbocycles. The predicted octanol–water partition coefficient (Wildman–Crippen LogP) is 2.37. The Bertz CT molecular complexity index is 578. The summed E-state index contributed by atoms with van der Waals surface area (Å²) in [7, 11) is 0. The topological polar surface area (TPSA) is 76.2 Å². The molecule has 4 nitrogen and oxygen atoms in total. The van der Waals surface area contributed by atoms with E-state index in [1.54, 1.807) is 0 Å². The highest BCUT2D eigenvalue weighted by molar-refractivity contribution is 7.09. The van der Waals surface area contributed by atoms with Crippen LogP contribution in [0.4, 0.5) is 14.5 Å². The van der Waals surface area contributed by atoms with Gasteiger partial charge in [-0.15, -0.1) is 0 Å². The van der Waals surface area contributed by atoms with Gasteiger partial charge in [0.15, 0.2) is 4.88 Å². The Balaban J connectivity index is 2.57. The van der Waals surface area contributed by atoms with E-state index in [1.807, 2.05) is 0 Å². The molecule has 0 amide bonds. The van der Waals surface area contributed by atoms with Gasteiger partial charge in [0.25, 0.3) is 0 Å². The number of rotatable bonds is 2. The van der Waals surface area contributed by atoms with E-state index >= 15 is 0 Å². The number of nitrogen functional groups attached to an aromatic ring is 1. The minimum atomic E-state index is -1.22. The van der Waals surface area contributed by atoms with Crippen molar-refractivity contribution in [1.29, 1.82) is 0 Å². The molecule has 7 heteroatoms. The first-order chi connectivity index (χ1) is 7.99. The Morgan fingerprint density at radius 3 is 2.35 bits per heavy atom. The monoisotopic (exact) mass is 256 g/mol. The number of aromatic nitrogens is 1. The smallest absolute Gasteiger partial charge is 0.349 e. The molecule has 0 atom stereocenters. The highest BCUT2D eigenvalue weighted by atomic mass is 32.1. The molecular weight excluding hydrogens is 250 g/mol. The quantitative estimate of drug-likeness (QED) is 0.864. The summed E-state index contributed by atoms with van der Waals surface area (Å²) in [6, 6.07) is 2.80. The molecule has 88 valence electrons. The standard InChI is InChI=1S/C10H6F2N2O2S/c11-5-1-4(2-6(12)3-5)8-7(13)9(10(15)16)17-14-8/h1-3H,13H2,(H,15,16). The molecule has 1 aromatic heterocycles. The van der Waals surface area contributed by atoms with E-state index in [-0.39, 0.29) is 21.8 Å². The molecule has 0 spiro atoms. The maximum atomic E-state index is 13.0. The van der Waals surface area contributed by atoms with E-state index < -0.39 is 17.6 Å². The van der Waals surface area contributed by atoms with Crippen molar-refractivity contribution >= 4 is 23.2 Å². The van der Waals surface area contributed by atoms with Crippen molar-refractivity contribution in [3.63, 3.8) is 0 Å². The molecule has 17 heavy (non-hydrogen) atoms. The van der Waals surface area contributed by atoms with Crippen molar-refractivity contribution in [2.24, 2.45) is 0 Å². The molecule has 0 saturated heterocycles. The first-order valence-electron chi connectivity index (χ1n) is 4.44. The van der Waals surface area contributed by atoms with E-state index in [1.165, 1.54) is 0 Å². The normalized spacial score (nSPS) is 10.5. The number of carbonyl (C=O) groups is 1. The maximum absolute atomic E-state index is 13.0. The second-order valence-corrected chi connectivity index (χ2v) is 4.01. The fraction of sp³-hybridized carbons (Fsp3) is 0. The Hall–Kier alpha value is -2.02. The van der Waals surface area contributed by atoms with E-state index in [4.69, 9.17) is 10.8 Å². The summed E-state index contributed by atoms with van der Waals surface area (Å²) < 4.78 is 29.8. The van der Waals surface area contributed by atoms with Crippen LogP contribution in [0.25, 0.3) is 11.3 Å². The van der Waals surface area contributed by atoms with Gasteiger partial charge >= 0.3 is 5.97 Å². The van der Waals surface area contributed by atoms with Crippen LogP contribution in [0.1, 0.15) is 9.67 Å². The molecular formula is C10H6F2N2O2S. The molecule has 0 radical (unpaired) electrons. The number of nitrogens with two attached hydrogens (primary N) is 1. The van der Waals surface area contributed by atoms with Crippen molar-refractivity contribution in [2.45, 2.75) is 0 Å². The van der Waals surface area contributed by atoms with Crippen LogP contribution in [0.2, 0.25) is 0 Å². The second-order valence-electron chi connectivity index (χ2n) is 3.24. The molecule has 0 aliphatic heterocycles. The number of aromatic carboxylic acids is 1. The third-order valence-electron chi connectivity index (χ3n) is 2.06. The highest BCUT2D eigenvalue weighted by Gasteiger charge is 2.18. The largest absolute Gasteiger partial charge is 0.477 e. The number of benzene rings is 1. The fourth-order valence-electron chi connectivity index (χ4n) is 1.35. The van der Waals surface area contributed by atoms with E-state index in [0.29, 0.717) is 17.6 Å². The molecule has 1 heterocycles. The van der Waals surface area contributed by atoms with Crippen molar-refractivity contribution in [2.75, 3.05) is 5.73 Å². The van der Waals surface area contributed by atoms with Gasteiger partial charge in [-0.05, 0) is 23.7 Å². The van der Waals surface area contributed by atoms with Crippen molar-refractivity contribution < 1.29 is 18.7 Å². The number of anilines is 1. The van der Waals surface area contributed by atoms with Gasteiger partial charge in [0.1, 0.15) is 17.3 Å². The van der Waals surface area contributed by atoms with Gasteiger partial charge in [-0.2, -0.15) is 4.37 Å². The van der Waals surface area contributed by atoms with Gasteiger partial charge in [-0.3, -0.25) is 0 Å². The average molecular weight is 256 g/mol. The fourth-order valence-corrected chi connectivity index (χ4v) is 2.01. The molecule has 0 bridgehead atoms. The minimum absolute atomic E-state index is 0.0748. The lowest BCUT2D eigenvalue weighted by atomic mass is 10.1.